The van der Waals surface area contributed by atoms with Gasteiger partial charge in [0.05, 0.1) is 6.20 Å². The van der Waals surface area contributed by atoms with Crippen molar-refractivity contribution in [3.63, 3.8) is 0 Å². The first-order chi connectivity index (χ1) is 12.5. The van der Waals surface area contributed by atoms with E-state index in [9.17, 15) is 14.7 Å². The van der Waals surface area contributed by atoms with Gasteiger partial charge >= 0.3 is 5.97 Å². The summed E-state index contributed by atoms with van der Waals surface area (Å²) in [6.07, 6.45) is 8.12. The molecule has 0 radical (unpaired) electrons. The molecule has 1 N–H and O–H groups in total. The number of aromatic nitrogens is 3. The molecule has 1 saturated heterocycles. The molecule has 0 spiro atoms. The molecule has 2 aromatic heterocycles. The lowest BCUT2D eigenvalue weighted by Gasteiger charge is -2.32. The van der Waals surface area contributed by atoms with Crippen LogP contribution in [0.25, 0.3) is 0 Å². The molecule has 2 fully saturated rings. The normalized spacial score (nSPS) is 25.3. The number of hydrogen-bond acceptors (Lipinski definition) is 5. The Hall–Kier alpha value is -2.64. The second-order valence-corrected chi connectivity index (χ2v) is 7.31. The van der Waals surface area contributed by atoms with Crippen LogP contribution in [0.3, 0.4) is 0 Å². The predicted octanol–water partition coefficient (Wildman–Crippen LogP) is 2.09. The first-order valence-electron chi connectivity index (χ1n) is 9.03. The summed E-state index contributed by atoms with van der Waals surface area (Å²) in [6, 6.07) is 0.810. The monoisotopic (exact) mass is 358 g/mol. The molecule has 8 nitrogen and oxygen atoms in total. The van der Waals surface area contributed by atoms with Crippen molar-refractivity contribution in [2.75, 3.05) is 0 Å². The van der Waals surface area contributed by atoms with E-state index in [1.165, 1.54) is 4.90 Å². The van der Waals surface area contributed by atoms with Gasteiger partial charge in [-0.1, -0.05) is 18.0 Å². The van der Waals surface area contributed by atoms with E-state index in [1.807, 2.05) is 13.1 Å². The third-order valence-electron chi connectivity index (χ3n) is 5.47. The SMILES string of the molecule is Cc1cnn(Cc2cc(C(=O)N3C(C(=O)O)CC4CCCCC43)no2)c1. The summed E-state index contributed by atoms with van der Waals surface area (Å²) in [7, 11) is 0. The highest BCUT2D eigenvalue weighted by atomic mass is 16.5. The number of carboxylic acid groups (broad SMARTS) is 1. The van der Waals surface area contributed by atoms with E-state index in [1.54, 1.807) is 16.9 Å². The van der Waals surface area contributed by atoms with Crippen molar-refractivity contribution < 1.29 is 19.2 Å². The van der Waals surface area contributed by atoms with E-state index in [0.29, 0.717) is 18.7 Å². The number of fused-ring (bicyclic) bond motifs is 1. The molecule has 0 bridgehead atoms. The summed E-state index contributed by atoms with van der Waals surface area (Å²) in [5.74, 6) is -0.503. The Morgan fingerprint density at radius 3 is 2.88 bits per heavy atom. The maximum Gasteiger partial charge on any atom is 0.326 e. The Morgan fingerprint density at radius 2 is 2.15 bits per heavy atom. The summed E-state index contributed by atoms with van der Waals surface area (Å²) in [5.41, 5.74) is 1.20. The van der Waals surface area contributed by atoms with E-state index in [0.717, 1.165) is 31.2 Å². The van der Waals surface area contributed by atoms with Gasteiger partial charge in [0, 0.05) is 18.3 Å². The van der Waals surface area contributed by atoms with Gasteiger partial charge in [-0.05, 0) is 37.7 Å². The van der Waals surface area contributed by atoms with E-state index in [2.05, 4.69) is 10.3 Å². The topological polar surface area (TPSA) is 101 Å². The molecular formula is C18H22N4O4. The fraction of sp³-hybridized carbons (Fsp3) is 0.556. The maximum atomic E-state index is 13.0. The highest BCUT2D eigenvalue weighted by Crippen LogP contribution is 2.40. The number of aliphatic carboxylic acids is 1. The molecule has 4 rings (SSSR count). The Morgan fingerprint density at radius 1 is 1.35 bits per heavy atom. The average molecular weight is 358 g/mol. The fourth-order valence-corrected chi connectivity index (χ4v) is 4.31. The van der Waals surface area contributed by atoms with E-state index >= 15 is 0 Å². The van der Waals surface area contributed by atoms with Gasteiger partial charge in [0.2, 0.25) is 0 Å². The summed E-state index contributed by atoms with van der Waals surface area (Å²) in [6.45, 7) is 2.32. The van der Waals surface area contributed by atoms with Gasteiger partial charge in [-0.25, -0.2) is 4.79 Å². The lowest BCUT2D eigenvalue weighted by Crippen LogP contribution is -2.46. The van der Waals surface area contributed by atoms with Crippen molar-refractivity contribution in [2.24, 2.45) is 5.92 Å². The van der Waals surface area contributed by atoms with Crippen LogP contribution in [0.15, 0.2) is 23.0 Å². The number of hydrogen-bond donors (Lipinski definition) is 1. The minimum Gasteiger partial charge on any atom is -0.480 e. The largest absolute Gasteiger partial charge is 0.480 e. The highest BCUT2D eigenvalue weighted by Gasteiger charge is 2.48. The molecule has 2 aliphatic rings. The smallest absolute Gasteiger partial charge is 0.326 e. The third kappa shape index (κ3) is 3.00. The number of carbonyl (C=O) groups excluding carboxylic acids is 1. The molecule has 1 aliphatic heterocycles. The molecule has 26 heavy (non-hydrogen) atoms. The predicted molar refractivity (Wildman–Crippen MR) is 90.5 cm³/mol. The zero-order valence-corrected chi connectivity index (χ0v) is 14.7. The standard InChI is InChI=1S/C18H22N4O4/c1-11-8-19-21(9-11)10-13-7-14(20-26-13)17(23)22-15-5-3-2-4-12(15)6-16(22)18(24)25/h7-9,12,15-16H,2-6,10H2,1H3,(H,24,25). The quantitative estimate of drug-likeness (QED) is 0.898. The minimum atomic E-state index is -0.941. The van der Waals surface area contributed by atoms with Gasteiger partial charge in [0.15, 0.2) is 11.5 Å². The Kier molecular flexibility index (Phi) is 4.26. The Balaban J connectivity index is 1.55. The molecule has 1 amide bonds. The van der Waals surface area contributed by atoms with Gasteiger partial charge in [0.1, 0.15) is 12.6 Å². The number of carboxylic acids is 1. The molecule has 8 heteroatoms. The fourth-order valence-electron chi connectivity index (χ4n) is 4.31. The minimum absolute atomic E-state index is 0.00809. The summed E-state index contributed by atoms with van der Waals surface area (Å²) < 4.78 is 6.99. The molecule has 0 aromatic carbocycles. The Labute approximate surface area is 150 Å². The lowest BCUT2D eigenvalue weighted by atomic mass is 9.84. The van der Waals surface area contributed by atoms with Crippen LogP contribution in [-0.2, 0) is 11.3 Å². The maximum absolute atomic E-state index is 13.0. The van der Waals surface area contributed by atoms with Crippen LogP contribution in [0, 0.1) is 12.8 Å². The Bertz CT molecular complexity index is 827. The van der Waals surface area contributed by atoms with Crippen molar-refractivity contribution in [2.45, 2.75) is 57.7 Å². The first-order valence-corrected chi connectivity index (χ1v) is 9.03. The lowest BCUT2D eigenvalue weighted by molar-refractivity contribution is -0.141. The van der Waals surface area contributed by atoms with Crippen molar-refractivity contribution in [3.8, 4) is 0 Å². The van der Waals surface area contributed by atoms with Crippen LogP contribution in [0.1, 0.15) is 53.9 Å². The number of aryl methyl sites for hydroxylation is 1. The van der Waals surface area contributed by atoms with Gasteiger partial charge < -0.3 is 14.5 Å². The van der Waals surface area contributed by atoms with Crippen LogP contribution in [0.4, 0.5) is 0 Å². The van der Waals surface area contributed by atoms with Crippen LogP contribution in [0.2, 0.25) is 0 Å². The van der Waals surface area contributed by atoms with Crippen molar-refractivity contribution in [1.29, 1.82) is 0 Å². The summed E-state index contributed by atoms with van der Waals surface area (Å²) >= 11 is 0. The summed E-state index contributed by atoms with van der Waals surface area (Å²) in [4.78, 5) is 26.2. The van der Waals surface area contributed by atoms with Gasteiger partial charge in [-0.2, -0.15) is 5.10 Å². The first kappa shape index (κ1) is 16.8. The molecule has 3 atom stereocenters. The third-order valence-corrected chi connectivity index (χ3v) is 5.47. The number of likely N-dealkylation sites (tertiary alicyclic amines) is 1. The molecule has 2 aromatic rings. The molecule has 3 heterocycles. The van der Waals surface area contributed by atoms with Crippen LogP contribution in [-0.4, -0.2) is 48.9 Å². The number of amides is 1. The van der Waals surface area contributed by atoms with Crippen LogP contribution < -0.4 is 0 Å². The molecule has 1 aliphatic carbocycles. The second-order valence-electron chi connectivity index (χ2n) is 7.31. The van der Waals surface area contributed by atoms with E-state index in [-0.39, 0.29) is 23.6 Å². The highest BCUT2D eigenvalue weighted by molar-refractivity contribution is 5.95. The summed E-state index contributed by atoms with van der Waals surface area (Å²) in [5, 5.41) is 17.7. The zero-order valence-electron chi connectivity index (χ0n) is 14.7. The molecule has 138 valence electrons. The van der Waals surface area contributed by atoms with Gasteiger partial charge in [-0.15, -0.1) is 0 Å². The second kappa shape index (κ2) is 6.59. The van der Waals surface area contributed by atoms with Crippen LogP contribution >= 0.6 is 0 Å². The van der Waals surface area contributed by atoms with E-state index < -0.39 is 12.0 Å². The molecule has 1 saturated carbocycles. The number of rotatable bonds is 4. The number of nitrogens with zero attached hydrogens (tertiary/aromatic N) is 4. The number of carbonyl (C=O) groups is 2. The van der Waals surface area contributed by atoms with Gasteiger partial charge in [0.25, 0.3) is 5.91 Å². The van der Waals surface area contributed by atoms with Crippen molar-refractivity contribution in [1.82, 2.24) is 19.8 Å². The van der Waals surface area contributed by atoms with E-state index in [4.69, 9.17) is 4.52 Å². The molecule has 3 unspecified atom stereocenters. The van der Waals surface area contributed by atoms with Crippen LogP contribution in [0.5, 0.6) is 0 Å². The zero-order chi connectivity index (χ0) is 18.3. The average Bonchev–Trinajstić information content (AvgIpc) is 3.33. The van der Waals surface area contributed by atoms with Crippen molar-refractivity contribution >= 4 is 11.9 Å². The van der Waals surface area contributed by atoms with Crippen molar-refractivity contribution in [3.05, 3.63) is 35.5 Å². The molecular weight excluding hydrogens is 336 g/mol. The van der Waals surface area contributed by atoms with Gasteiger partial charge in [-0.3, -0.25) is 9.48 Å².